The lowest BCUT2D eigenvalue weighted by molar-refractivity contribution is 0.0779. The van der Waals surface area contributed by atoms with Crippen molar-refractivity contribution in [3.8, 4) is 5.75 Å². The summed E-state index contributed by atoms with van der Waals surface area (Å²) in [7, 11) is -8.76. The summed E-state index contributed by atoms with van der Waals surface area (Å²) >= 11 is 0. The van der Waals surface area contributed by atoms with E-state index in [2.05, 4.69) is 4.98 Å². The van der Waals surface area contributed by atoms with Gasteiger partial charge in [0.2, 0.25) is 0 Å². The fourth-order valence-electron chi connectivity index (χ4n) is 3.61. The lowest BCUT2D eigenvalue weighted by Gasteiger charge is -2.40. The van der Waals surface area contributed by atoms with Gasteiger partial charge in [0.25, 0.3) is 5.91 Å². The Bertz CT molecular complexity index is 1330. The monoisotopic (exact) mass is 493 g/mol. The van der Waals surface area contributed by atoms with Gasteiger partial charge in [0, 0.05) is 42.2 Å². The molecule has 1 aliphatic heterocycles. The van der Waals surface area contributed by atoms with Gasteiger partial charge in [0.1, 0.15) is 22.3 Å². The number of hydrogen-bond donors (Lipinski definition) is 2. The summed E-state index contributed by atoms with van der Waals surface area (Å²) in [6.07, 6.45) is 0. The molecular formula is C20H17F6N3O3S. The molecule has 0 spiro atoms. The van der Waals surface area contributed by atoms with Crippen molar-refractivity contribution in [1.82, 2.24) is 9.88 Å². The van der Waals surface area contributed by atoms with Crippen LogP contribution in [0.5, 0.6) is 5.75 Å². The predicted octanol–water partition coefficient (Wildman–Crippen LogP) is 5.62. The highest BCUT2D eigenvalue weighted by Crippen LogP contribution is 3.02. The van der Waals surface area contributed by atoms with E-state index >= 15 is 0 Å². The van der Waals surface area contributed by atoms with Crippen molar-refractivity contribution < 1.29 is 38.5 Å². The number of phenolic OH excluding ortho intramolecular Hbond substituents is 1. The number of anilines is 1. The summed E-state index contributed by atoms with van der Waals surface area (Å²) in [6, 6.07) is 2.99. The minimum Gasteiger partial charge on any atom is -0.508 e. The molecule has 0 aliphatic carbocycles. The molecule has 178 valence electrons. The first-order valence-electron chi connectivity index (χ1n) is 9.35. The number of carbonyl (C=O) groups excluding carboxylic acids is 1. The van der Waals surface area contributed by atoms with Crippen molar-refractivity contribution in [3.05, 3.63) is 58.4 Å². The number of aromatic nitrogens is 1. The number of nitrogens with two attached hydrogens (primary N) is 1. The number of halogens is 6. The quantitative estimate of drug-likeness (QED) is 0.461. The number of benzene rings is 2. The average molecular weight is 493 g/mol. The Labute approximate surface area is 183 Å². The molecule has 4 rings (SSSR count). The third-order valence-electron chi connectivity index (χ3n) is 5.30. The zero-order chi connectivity index (χ0) is 24.4. The molecule has 1 aliphatic rings. The van der Waals surface area contributed by atoms with Gasteiger partial charge in [-0.15, -0.1) is 0 Å². The third kappa shape index (κ3) is 4.25. The molecule has 2 heterocycles. The smallest absolute Gasteiger partial charge is 0.310 e. The van der Waals surface area contributed by atoms with Gasteiger partial charge in [-0.2, -0.15) is 0 Å². The summed E-state index contributed by atoms with van der Waals surface area (Å²) < 4.78 is 84.7. The first-order valence-corrected chi connectivity index (χ1v) is 11.3. The Morgan fingerprint density at radius 1 is 1.15 bits per heavy atom. The number of hydrogen-bond acceptors (Lipinski definition) is 5. The zero-order valence-electron chi connectivity index (χ0n) is 16.9. The van der Waals surface area contributed by atoms with Gasteiger partial charge in [-0.05, 0) is 17.7 Å². The van der Waals surface area contributed by atoms with Gasteiger partial charge in [-0.3, -0.25) is 4.79 Å². The lowest BCUT2D eigenvalue weighted by Crippen LogP contribution is -2.27. The molecule has 3 N–H and O–H groups in total. The maximum atomic E-state index is 14.7. The van der Waals surface area contributed by atoms with Crippen molar-refractivity contribution in [1.29, 1.82) is 0 Å². The highest BCUT2D eigenvalue weighted by Gasteiger charge is 2.65. The molecule has 1 aromatic heterocycles. The molecule has 1 amide bonds. The van der Waals surface area contributed by atoms with E-state index in [1.807, 2.05) is 0 Å². The van der Waals surface area contributed by atoms with Crippen molar-refractivity contribution in [2.24, 2.45) is 0 Å². The van der Waals surface area contributed by atoms with Gasteiger partial charge >= 0.3 is 10.2 Å². The Morgan fingerprint density at radius 2 is 1.82 bits per heavy atom. The highest BCUT2D eigenvalue weighted by atomic mass is 32.5. The van der Waals surface area contributed by atoms with Crippen LogP contribution < -0.4 is 5.73 Å². The fourth-order valence-corrected chi connectivity index (χ4v) is 4.27. The maximum absolute atomic E-state index is 14.7. The van der Waals surface area contributed by atoms with Gasteiger partial charge in [-0.1, -0.05) is 25.5 Å². The first-order chi connectivity index (χ1) is 15.0. The Kier molecular flexibility index (Phi) is 4.64. The molecule has 2 aromatic carbocycles. The Balaban J connectivity index is 1.65. The lowest BCUT2D eigenvalue weighted by atomic mass is 10.0. The van der Waals surface area contributed by atoms with E-state index in [1.165, 1.54) is 13.1 Å². The molecule has 6 nitrogen and oxygen atoms in total. The minimum atomic E-state index is -9.98. The normalized spacial score (nSPS) is 15.7. The van der Waals surface area contributed by atoms with Gasteiger partial charge in [-0.25, -0.2) is 9.37 Å². The van der Waals surface area contributed by atoms with E-state index in [0.717, 1.165) is 11.0 Å². The number of nitrogens with zero attached hydrogens (tertiary/aromatic N) is 2. The summed E-state index contributed by atoms with van der Waals surface area (Å²) in [5.74, 6) is -2.65. The van der Waals surface area contributed by atoms with Crippen LogP contribution in [0.4, 0.5) is 29.6 Å². The molecule has 0 saturated carbocycles. The van der Waals surface area contributed by atoms with E-state index in [9.17, 15) is 33.7 Å². The van der Waals surface area contributed by atoms with Crippen molar-refractivity contribution in [3.63, 3.8) is 0 Å². The molecule has 0 radical (unpaired) electrons. The topological polar surface area (TPSA) is 88.7 Å². The maximum Gasteiger partial charge on any atom is 0.310 e. The fraction of sp³-hybridized carbons (Fsp3) is 0.200. The molecule has 0 saturated heterocycles. The number of carbonyl (C=O) groups is 1. The van der Waals surface area contributed by atoms with Crippen LogP contribution in [0, 0.1) is 5.82 Å². The largest absolute Gasteiger partial charge is 0.508 e. The van der Waals surface area contributed by atoms with Crippen LogP contribution in [0.2, 0.25) is 0 Å². The van der Waals surface area contributed by atoms with Crippen LogP contribution in [-0.2, 0) is 24.5 Å². The summed E-state index contributed by atoms with van der Waals surface area (Å²) in [4.78, 5) is 15.7. The zero-order valence-corrected chi connectivity index (χ0v) is 17.7. The second kappa shape index (κ2) is 6.67. The number of aromatic hydroxyl groups is 1. The molecule has 33 heavy (non-hydrogen) atoms. The third-order valence-corrected chi connectivity index (χ3v) is 6.45. The number of nitrogen functional groups attached to an aromatic ring is 1. The second-order valence-corrected chi connectivity index (χ2v) is 10.1. The highest BCUT2D eigenvalue weighted by molar-refractivity contribution is 8.45. The number of amides is 1. The number of rotatable bonds is 4. The molecule has 3 aromatic rings. The predicted molar refractivity (Wildman–Crippen MR) is 110 cm³/mol. The minimum absolute atomic E-state index is 0.0921. The van der Waals surface area contributed by atoms with Crippen molar-refractivity contribution >= 4 is 32.9 Å². The number of fused-ring (bicyclic) bond motifs is 3. The SMILES string of the molecule is CN(Cc1ccc(S(F)(F)(F)(F)F)cc1O)C(=O)c1cc2c3c(c(N)nc2cc1F)COC3. The molecule has 0 unspecified atom stereocenters. The number of phenols is 1. The second-order valence-electron chi connectivity index (χ2n) is 7.72. The summed E-state index contributed by atoms with van der Waals surface area (Å²) in [5, 5.41) is 10.3. The van der Waals surface area contributed by atoms with Crippen molar-refractivity contribution in [2.45, 2.75) is 24.7 Å². The molecule has 13 heteroatoms. The molecule has 0 fully saturated rings. The number of ether oxygens (including phenoxy) is 1. The van der Waals surface area contributed by atoms with Crippen LogP contribution in [0.3, 0.4) is 0 Å². The van der Waals surface area contributed by atoms with Crippen molar-refractivity contribution in [2.75, 3.05) is 12.8 Å². The van der Waals surface area contributed by atoms with Crippen LogP contribution in [0.15, 0.2) is 35.2 Å². The van der Waals surface area contributed by atoms with Crippen LogP contribution in [-0.4, -0.2) is 27.9 Å². The van der Waals surface area contributed by atoms with Gasteiger partial charge in [0.05, 0.1) is 24.3 Å². The average Bonchev–Trinajstić information content (AvgIpc) is 3.17. The van der Waals surface area contributed by atoms with Crippen LogP contribution in [0.25, 0.3) is 10.9 Å². The Morgan fingerprint density at radius 3 is 2.45 bits per heavy atom. The van der Waals surface area contributed by atoms with E-state index in [-0.39, 0.29) is 47.8 Å². The first kappa shape index (κ1) is 23.0. The molecule has 0 bridgehead atoms. The van der Waals surface area contributed by atoms with E-state index in [0.29, 0.717) is 22.6 Å². The van der Waals surface area contributed by atoms with E-state index < -0.39 is 39.1 Å². The van der Waals surface area contributed by atoms with E-state index in [4.69, 9.17) is 10.5 Å². The molecule has 0 atom stereocenters. The van der Waals surface area contributed by atoms with Gasteiger partial charge in [0.15, 0.2) is 0 Å². The number of pyridine rings is 1. The van der Waals surface area contributed by atoms with E-state index in [1.54, 1.807) is 0 Å². The van der Waals surface area contributed by atoms with Crippen LogP contribution in [0.1, 0.15) is 27.0 Å². The Hall–Kier alpha value is -3.19. The summed E-state index contributed by atoms with van der Waals surface area (Å²) in [5.41, 5.74) is 6.79. The standard InChI is InChI=1S/C20H17F6N3O3S/c1-29(7-10-2-3-11(4-18(10)30)33(22,23,24,25)26)20(31)13-5-12-14-8-32-9-15(14)19(27)28-17(12)6-16(13)21/h2-6,30H,7-9H2,1H3,(H2,27,28). The van der Waals surface area contributed by atoms with Crippen LogP contribution >= 0.6 is 10.2 Å². The summed E-state index contributed by atoms with van der Waals surface area (Å²) in [6.45, 7) is -0.0527. The molecular weight excluding hydrogens is 476 g/mol. The van der Waals surface area contributed by atoms with Gasteiger partial charge < -0.3 is 20.5 Å².